The van der Waals surface area contributed by atoms with Crippen LogP contribution < -0.4 is 0 Å². The van der Waals surface area contributed by atoms with Crippen LogP contribution in [0.1, 0.15) is 27.6 Å². The molecule has 6 nitrogen and oxygen atoms in total. The molecule has 19 heavy (non-hydrogen) atoms. The second kappa shape index (κ2) is 4.12. The van der Waals surface area contributed by atoms with Gasteiger partial charge in [0.25, 0.3) is 17.8 Å². The largest absolute Gasteiger partial charge is 0.344 e. The van der Waals surface area contributed by atoms with E-state index in [9.17, 15) is 14.7 Å². The number of aliphatic hydroxyl groups is 1. The summed E-state index contributed by atoms with van der Waals surface area (Å²) in [6, 6.07) is 6.68. The molecule has 0 aliphatic carbocycles. The predicted octanol–water partition coefficient (Wildman–Crippen LogP) is 0.364. The molecule has 0 saturated carbocycles. The quantitative estimate of drug-likeness (QED) is 0.780. The third-order valence-electron chi connectivity index (χ3n) is 3.19. The first-order valence-corrected chi connectivity index (χ1v) is 5.97. The van der Waals surface area contributed by atoms with Gasteiger partial charge in [-0.15, -0.1) is 0 Å². The number of benzene rings is 1. The summed E-state index contributed by atoms with van der Waals surface area (Å²) < 4.78 is 10.2. The van der Waals surface area contributed by atoms with E-state index < -0.39 is 12.1 Å². The molecule has 6 heteroatoms. The molecule has 1 N–H and O–H groups in total. The Labute approximate surface area is 109 Å². The van der Waals surface area contributed by atoms with Crippen LogP contribution in [0, 0.1) is 0 Å². The van der Waals surface area contributed by atoms with Crippen molar-refractivity contribution in [1.82, 2.24) is 4.90 Å². The van der Waals surface area contributed by atoms with E-state index in [4.69, 9.17) is 9.47 Å². The topological polar surface area (TPSA) is 76.1 Å². The summed E-state index contributed by atoms with van der Waals surface area (Å²) in [7, 11) is 0. The lowest BCUT2D eigenvalue weighted by Crippen LogP contribution is -2.38. The van der Waals surface area contributed by atoms with Gasteiger partial charge < -0.3 is 14.6 Å². The Morgan fingerprint density at radius 1 is 1.32 bits per heavy atom. The van der Waals surface area contributed by atoms with E-state index in [0.29, 0.717) is 11.1 Å². The van der Waals surface area contributed by atoms with Crippen LogP contribution in [0.3, 0.4) is 0 Å². The molecular formula is C13H13NO5. The van der Waals surface area contributed by atoms with Crippen molar-refractivity contribution >= 4 is 11.8 Å². The van der Waals surface area contributed by atoms with Gasteiger partial charge >= 0.3 is 0 Å². The molecule has 2 atom stereocenters. The third kappa shape index (κ3) is 2.03. The predicted molar refractivity (Wildman–Crippen MR) is 63.3 cm³/mol. The van der Waals surface area contributed by atoms with Gasteiger partial charge in [0.05, 0.1) is 24.3 Å². The second-order valence-corrected chi connectivity index (χ2v) is 4.72. The lowest BCUT2D eigenvalue weighted by Gasteiger charge is -2.19. The zero-order chi connectivity index (χ0) is 13.6. The summed E-state index contributed by atoms with van der Waals surface area (Å²) in [4.78, 5) is 25.3. The molecular weight excluding hydrogens is 250 g/mol. The third-order valence-corrected chi connectivity index (χ3v) is 3.19. The van der Waals surface area contributed by atoms with Gasteiger partial charge in [-0.1, -0.05) is 12.1 Å². The van der Waals surface area contributed by atoms with Gasteiger partial charge in [-0.3, -0.25) is 14.5 Å². The van der Waals surface area contributed by atoms with Crippen molar-refractivity contribution in [2.45, 2.75) is 19.0 Å². The van der Waals surface area contributed by atoms with E-state index in [1.807, 2.05) is 0 Å². The highest BCUT2D eigenvalue weighted by Gasteiger charge is 2.41. The SMILES string of the molecule is CC1(O)OC[C@H](CN2C(=O)c3ccccc3C2=O)O1. The molecule has 100 valence electrons. The van der Waals surface area contributed by atoms with Gasteiger partial charge in [-0.05, 0) is 12.1 Å². The summed E-state index contributed by atoms with van der Waals surface area (Å²) in [5, 5.41) is 9.51. The molecule has 2 aliphatic heterocycles. The fourth-order valence-corrected chi connectivity index (χ4v) is 2.32. The van der Waals surface area contributed by atoms with Gasteiger partial charge in [0.2, 0.25) is 0 Å². The number of rotatable bonds is 2. The van der Waals surface area contributed by atoms with Crippen LogP contribution in [0.2, 0.25) is 0 Å². The maximum absolute atomic E-state index is 12.1. The summed E-state index contributed by atoms with van der Waals surface area (Å²) >= 11 is 0. The van der Waals surface area contributed by atoms with Crippen molar-refractivity contribution in [3.8, 4) is 0 Å². The highest BCUT2D eigenvalue weighted by Crippen LogP contribution is 2.26. The summed E-state index contributed by atoms with van der Waals surface area (Å²) in [5.41, 5.74) is 0.802. The molecule has 0 radical (unpaired) electrons. The fourth-order valence-electron chi connectivity index (χ4n) is 2.32. The summed E-state index contributed by atoms with van der Waals surface area (Å²) in [6.45, 7) is 1.58. The van der Waals surface area contributed by atoms with Gasteiger partial charge in [0.15, 0.2) is 0 Å². The van der Waals surface area contributed by atoms with E-state index in [1.54, 1.807) is 24.3 Å². The highest BCUT2D eigenvalue weighted by molar-refractivity contribution is 6.21. The molecule has 1 fully saturated rings. The standard InChI is InChI=1S/C13H13NO5/c1-13(17)18-7-8(19-13)6-14-11(15)9-4-2-3-5-10(9)12(14)16/h2-5,8,17H,6-7H2,1H3/t8-,13?/m0/s1. The molecule has 1 aromatic carbocycles. The van der Waals surface area contributed by atoms with E-state index >= 15 is 0 Å². The number of amides is 2. The maximum Gasteiger partial charge on any atom is 0.277 e. The molecule has 0 bridgehead atoms. The number of carbonyl (C=O) groups excluding carboxylic acids is 2. The normalized spacial score (nSPS) is 30.0. The van der Waals surface area contributed by atoms with Crippen LogP contribution >= 0.6 is 0 Å². The number of fused-ring (bicyclic) bond motifs is 1. The Balaban J connectivity index is 1.78. The Hall–Kier alpha value is -1.76. The minimum absolute atomic E-state index is 0.0719. The van der Waals surface area contributed by atoms with Crippen molar-refractivity contribution in [1.29, 1.82) is 0 Å². The number of ether oxygens (including phenoxy) is 2. The molecule has 0 spiro atoms. The van der Waals surface area contributed by atoms with Crippen LogP contribution in [0.25, 0.3) is 0 Å². The van der Waals surface area contributed by atoms with E-state index in [1.165, 1.54) is 6.92 Å². The van der Waals surface area contributed by atoms with E-state index in [0.717, 1.165) is 4.90 Å². The van der Waals surface area contributed by atoms with Crippen LogP contribution in [-0.4, -0.2) is 47.0 Å². The van der Waals surface area contributed by atoms with Crippen LogP contribution in [-0.2, 0) is 9.47 Å². The van der Waals surface area contributed by atoms with Crippen molar-refractivity contribution in [3.63, 3.8) is 0 Å². The van der Waals surface area contributed by atoms with Crippen LogP contribution in [0.5, 0.6) is 0 Å². The smallest absolute Gasteiger partial charge is 0.277 e. The maximum atomic E-state index is 12.1. The average Bonchev–Trinajstić information content (AvgIpc) is 2.83. The van der Waals surface area contributed by atoms with Gasteiger partial charge in [0, 0.05) is 6.92 Å². The zero-order valence-corrected chi connectivity index (χ0v) is 10.3. The number of hydrogen-bond donors (Lipinski definition) is 1. The van der Waals surface area contributed by atoms with Gasteiger partial charge in [0.1, 0.15) is 6.10 Å². The first-order valence-electron chi connectivity index (χ1n) is 5.97. The summed E-state index contributed by atoms with van der Waals surface area (Å²) in [5.74, 6) is -2.32. The van der Waals surface area contributed by atoms with Crippen molar-refractivity contribution in [2.75, 3.05) is 13.2 Å². The number of carbonyl (C=O) groups is 2. The zero-order valence-electron chi connectivity index (χ0n) is 10.3. The van der Waals surface area contributed by atoms with Crippen LogP contribution in [0.15, 0.2) is 24.3 Å². The number of hydrogen-bond acceptors (Lipinski definition) is 5. The number of imide groups is 1. The molecule has 1 saturated heterocycles. The molecule has 3 rings (SSSR count). The van der Waals surface area contributed by atoms with E-state index in [-0.39, 0.29) is 25.0 Å². The minimum Gasteiger partial charge on any atom is -0.344 e. The molecule has 1 unspecified atom stereocenters. The first kappa shape index (κ1) is 12.3. The molecule has 1 aromatic rings. The van der Waals surface area contributed by atoms with Crippen LogP contribution in [0.4, 0.5) is 0 Å². The molecule has 0 aromatic heterocycles. The van der Waals surface area contributed by atoms with E-state index in [2.05, 4.69) is 0 Å². The first-order chi connectivity index (χ1) is 8.98. The Morgan fingerprint density at radius 2 is 1.89 bits per heavy atom. The molecule has 2 amide bonds. The Morgan fingerprint density at radius 3 is 2.37 bits per heavy atom. The number of nitrogens with zero attached hydrogens (tertiary/aromatic N) is 1. The minimum atomic E-state index is -1.65. The monoisotopic (exact) mass is 263 g/mol. The van der Waals surface area contributed by atoms with Gasteiger partial charge in [-0.25, -0.2) is 0 Å². The lowest BCUT2D eigenvalue weighted by atomic mass is 10.1. The molecule has 2 aliphatic rings. The van der Waals surface area contributed by atoms with Crippen molar-refractivity contribution in [3.05, 3.63) is 35.4 Å². The average molecular weight is 263 g/mol. The Bertz CT molecular complexity index is 519. The van der Waals surface area contributed by atoms with Crippen molar-refractivity contribution in [2.24, 2.45) is 0 Å². The van der Waals surface area contributed by atoms with Gasteiger partial charge in [-0.2, -0.15) is 0 Å². The molecule has 2 heterocycles. The second-order valence-electron chi connectivity index (χ2n) is 4.72. The fraction of sp³-hybridized carbons (Fsp3) is 0.385. The van der Waals surface area contributed by atoms with Crippen molar-refractivity contribution < 1.29 is 24.2 Å². The summed E-state index contributed by atoms with van der Waals surface area (Å²) in [6.07, 6.45) is -0.516. The lowest BCUT2D eigenvalue weighted by molar-refractivity contribution is -0.298. The Kier molecular flexibility index (Phi) is 2.67. The highest BCUT2D eigenvalue weighted by atomic mass is 16.9.